The van der Waals surface area contributed by atoms with E-state index in [1.807, 2.05) is 0 Å². The van der Waals surface area contributed by atoms with Gasteiger partial charge in [0.15, 0.2) is 0 Å². The Morgan fingerprint density at radius 2 is 1.70 bits per heavy atom. The molecule has 0 amide bonds. The van der Waals surface area contributed by atoms with Crippen molar-refractivity contribution in [2.24, 2.45) is 5.92 Å². The van der Waals surface area contributed by atoms with Crippen LogP contribution in [0.1, 0.15) is 54.9 Å². The third kappa shape index (κ3) is 3.83. The van der Waals surface area contributed by atoms with E-state index in [9.17, 15) is 5.11 Å². The van der Waals surface area contributed by atoms with Crippen molar-refractivity contribution in [1.82, 2.24) is 5.32 Å². The van der Waals surface area contributed by atoms with Gasteiger partial charge in [-0.25, -0.2) is 0 Å². The van der Waals surface area contributed by atoms with E-state index < -0.39 is 5.60 Å². The molecule has 1 aliphatic carbocycles. The molecule has 0 bridgehead atoms. The highest BCUT2D eigenvalue weighted by atomic mass is 16.3. The van der Waals surface area contributed by atoms with Gasteiger partial charge >= 0.3 is 0 Å². The number of nitrogens with one attached hydrogen (secondary N) is 1. The van der Waals surface area contributed by atoms with Gasteiger partial charge in [0.05, 0.1) is 5.60 Å². The van der Waals surface area contributed by atoms with Crippen LogP contribution in [0.2, 0.25) is 0 Å². The van der Waals surface area contributed by atoms with Crippen LogP contribution < -0.4 is 5.32 Å². The minimum Gasteiger partial charge on any atom is -0.389 e. The molecule has 0 unspecified atom stereocenters. The number of aryl methyl sites for hydroxylation is 3. The molecule has 2 N–H and O–H groups in total. The Kier molecular flexibility index (Phi) is 4.87. The normalized spacial score (nSPS) is 26.8. The van der Waals surface area contributed by atoms with Gasteiger partial charge in [0.25, 0.3) is 0 Å². The molecule has 1 aliphatic rings. The van der Waals surface area contributed by atoms with E-state index in [4.69, 9.17) is 0 Å². The van der Waals surface area contributed by atoms with Gasteiger partial charge in [-0.2, -0.15) is 0 Å². The average Bonchev–Trinajstić information content (AvgIpc) is 2.37. The first kappa shape index (κ1) is 15.5. The molecule has 1 aromatic carbocycles. The SMILES string of the molecule is Cc1cc(C)c(CNCC2(O)CCC(C)CC2)c(C)c1. The monoisotopic (exact) mass is 275 g/mol. The van der Waals surface area contributed by atoms with E-state index in [-0.39, 0.29) is 0 Å². The number of hydrogen-bond donors (Lipinski definition) is 2. The van der Waals surface area contributed by atoms with Gasteiger partial charge in [-0.1, -0.05) is 24.6 Å². The maximum absolute atomic E-state index is 10.6. The van der Waals surface area contributed by atoms with Crippen molar-refractivity contribution in [2.45, 2.75) is 65.5 Å². The standard InChI is InChI=1S/C18H29NO/c1-13-5-7-18(20,8-6-13)12-19-11-17-15(3)9-14(2)10-16(17)4/h9-10,13,19-20H,5-8,11-12H2,1-4H3. The second kappa shape index (κ2) is 6.28. The lowest BCUT2D eigenvalue weighted by Gasteiger charge is -2.35. The van der Waals surface area contributed by atoms with Gasteiger partial charge < -0.3 is 10.4 Å². The fraction of sp³-hybridized carbons (Fsp3) is 0.667. The number of rotatable bonds is 4. The molecule has 0 spiro atoms. The summed E-state index contributed by atoms with van der Waals surface area (Å²) in [6, 6.07) is 4.47. The zero-order chi connectivity index (χ0) is 14.8. The van der Waals surface area contributed by atoms with Crippen LogP contribution in [-0.2, 0) is 6.54 Å². The molecule has 1 saturated carbocycles. The molecule has 1 fully saturated rings. The fourth-order valence-corrected chi connectivity index (χ4v) is 3.39. The van der Waals surface area contributed by atoms with Crippen molar-refractivity contribution in [2.75, 3.05) is 6.54 Å². The minimum atomic E-state index is -0.487. The second-order valence-corrected chi connectivity index (χ2v) is 6.89. The van der Waals surface area contributed by atoms with Crippen molar-refractivity contribution in [1.29, 1.82) is 0 Å². The van der Waals surface area contributed by atoms with Crippen LogP contribution in [0, 0.1) is 26.7 Å². The Morgan fingerprint density at radius 1 is 1.15 bits per heavy atom. The lowest BCUT2D eigenvalue weighted by molar-refractivity contribution is -0.00632. The third-order valence-electron chi connectivity index (χ3n) is 4.80. The van der Waals surface area contributed by atoms with E-state index in [0.717, 1.165) is 38.1 Å². The van der Waals surface area contributed by atoms with Crippen molar-refractivity contribution in [3.05, 3.63) is 34.4 Å². The molecular weight excluding hydrogens is 246 g/mol. The van der Waals surface area contributed by atoms with E-state index in [1.54, 1.807) is 0 Å². The summed E-state index contributed by atoms with van der Waals surface area (Å²) in [5.74, 6) is 0.775. The Labute approximate surface area is 123 Å². The molecule has 2 nitrogen and oxygen atoms in total. The van der Waals surface area contributed by atoms with Crippen molar-refractivity contribution in [3.63, 3.8) is 0 Å². The zero-order valence-electron chi connectivity index (χ0n) is 13.4. The quantitative estimate of drug-likeness (QED) is 0.879. The Bertz CT molecular complexity index is 435. The van der Waals surface area contributed by atoms with Gasteiger partial charge in [-0.05, 0) is 69.1 Å². The van der Waals surface area contributed by atoms with Gasteiger partial charge in [-0.15, -0.1) is 0 Å². The molecule has 20 heavy (non-hydrogen) atoms. The van der Waals surface area contributed by atoms with E-state index in [2.05, 4.69) is 45.1 Å². The first-order valence-electron chi connectivity index (χ1n) is 7.89. The molecule has 0 aromatic heterocycles. The van der Waals surface area contributed by atoms with Gasteiger partial charge in [0.2, 0.25) is 0 Å². The molecule has 2 heteroatoms. The summed E-state index contributed by atoms with van der Waals surface area (Å²) in [5, 5.41) is 14.1. The topological polar surface area (TPSA) is 32.3 Å². The van der Waals surface area contributed by atoms with Crippen LogP contribution in [-0.4, -0.2) is 17.3 Å². The van der Waals surface area contributed by atoms with E-state index in [1.165, 1.54) is 22.3 Å². The number of benzene rings is 1. The predicted octanol–water partition coefficient (Wildman–Crippen LogP) is 3.64. The van der Waals surface area contributed by atoms with Crippen molar-refractivity contribution < 1.29 is 5.11 Å². The van der Waals surface area contributed by atoms with Crippen LogP contribution >= 0.6 is 0 Å². The third-order valence-corrected chi connectivity index (χ3v) is 4.80. The molecule has 0 saturated heterocycles. The Balaban J connectivity index is 1.90. The molecule has 0 heterocycles. The molecular formula is C18H29NO. The first-order valence-corrected chi connectivity index (χ1v) is 7.89. The largest absolute Gasteiger partial charge is 0.389 e. The summed E-state index contributed by atoms with van der Waals surface area (Å²) >= 11 is 0. The maximum Gasteiger partial charge on any atom is 0.0771 e. The summed E-state index contributed by atoms with van der Waals surface area (Å²) in [6.07, 6.45) is 4.18. The number of hydrogen-bond acceptors (Lipinski definition) is 2. The molecule has 112 valence electrons. The lowest BCUT2D eigenvalue weighted by Crippen LogP contribution is -2.43. The lowest BCUT2D eigenvalue weighted by atomic mass is 9.79. The Morgan fingerprint density at radius 3 is 2.25 bits per heavy atom. The van der Waals surface area contributed by atoms with E-state index in [0.29, 0.717) is 6.54 Å². The van der Waals surface area contributed by atoms with Crippen LogP contribution in [0.15, 0.2) is 12.1 Å². The maximum atomic E-state index is 10.6. The highest BCUT2D eigenvalue weighted by molar-refractivity contribution is 5.37. The summed E-state index contributed by atoms with van der Waals surface area (Å²) < 4.78 is 0. The zero-order valence-corrected chi connectivity index (χ0v) is 13.4. The summed E-state index contributed by atoms with van der Waals surface area (Å²) in [6.45, 7) is 10.3. The fourth-order valence-electron chi connectivity index (χ4n) is 3.39. The Hall–Kier alpha value is -0.860. The first-order chi connectivity index (χ1) is 9.39. The van der Waals surface area contributed by atoms with Gasteiger partial charge in [0.1, 0.15) is 0 Å². The number of aliphatic hydroxyl groups is 1. The molecule has 2 rings (SSSR count). The molecule has 1 aromatic rings. The average molecular weight is 275 g/mol. The predicted molar refractivity (Wildman–Crippen MR) is 84.9 cm³/mol. The molecule has 0 radical (unpaired) electrons. The minimum absolute atomic E-state index is 0.487. The molecule has 0 atom stereocenters. The second-order valence-electron chi connectivity index (χ2n) is 6.89. The van der Waals surface area contributed by atoms with Crippen LogP contribution in [0.5, 0.6) is 0 Å². The summed E-state index contributed by atoms with van der Waals surface area (Å²) in [7, 11) is 0. The van der Waals surface area contributed by atoms with Crippen molar-refractivity contribution in [3.8, 4) is 0 Å². The van der Waals surface area contributed by atoms with Gasteiger partial charge in [0, 0.05) is 13.1 Å². The summed E-state index contributed by atoms with van der Waals surface area (Å²) in [5.41, 5.74) is 4.91. The van der Waals surface area contributed by atoms with Crippen LogP contribution in [0.3, 0.4) is 0 Å². The highest BCUT2D eigenvalue weighted by Gasteiger charge is 2.31. The van der Waals surface area contributed by atoms with Crippen LogP contribution in [0.4, 0.5) is 0 Å². The highest BCUT2D eigenvalue weighted by Crippen LogP contribution is 2.31. The van der Waals surface area contributed by atoms with E-state index >= 15 is 0 Å². The van der Waals surface area contributed by atoms with Gasteiger partial charge in [-0.3, -0.25) is 0 Å². The van der Waals surface area contributed by atoms with Crippen LogP contribution in [0.25, 0.3) is 0 Å². The summed E-state index contributed by atoms with van der Waals surface area (Å²) in [4.78, 5) is 0. The van der Waals surface area contributed by atoms with Crippen molar-refractivity contribution >= 4 is 0 Å². The smallest absolute Gasteiger partial charge is 0.0771 e. The molecule has 0 aliphatic heterocycles.